The lowest BCUT2D eigenvalue weighted by Gasteiger charge is -2.18. The van der Waals surface area contributed by atoms with Gasteiger partial charge in [-0.1, -0.05) is 0 Å². The molecule has 0 atom stereocenters. The maximum atomic E-state index is 11.5. The normalized spacial score (nSPS) is 10.9. The molecule has 1 rings (SSSR count). The molecule has 1 aromatic rings. The molecular formula is C9H14N4O2. The summed E-state index contributed by atoms with van der Waals surface area (Å²) in [5, 5.41) is 7.33. The molecule has 0 aromatic carbocycles. The van der Waals surface area contributed by atoms with Crippen molar-refractivity contribution < 1.29 is 9.53 Å². The van der Waals surface area contributed by atoms with Gasteiger partial charge in [0, 0.05) is 0 Å². The molecule has 3 N–H and O–H groups in total. The van der Waals surface area contributed by atoms with Crippen LogP contribution in [0.4, 0.5) is 5.82 Å². The Labute approximate surface area is 87.8 Å². The van der Waals surface area contributed by atoms with Crippen molar-refractivity contribution >= 4 is 11.8 Å². The molecule has 0 aliphatic carbocycles. The molecule has 15 heavy (non-hydrogen) atoms. The quantitative estimate of drug-likeness (QED) is 0.424. The Bertz CT molecular complexity index is 342. The Morgan fingerprint density at radius 2 is 2.07 bits per heavy atom. The lowest BCUT2D eigenvalue weighted by Crippen LogP contribution is -2.24. The monoisotopic (exact) mass is 210 g/mol. The van der Waals surface area contributed by atoms with Gasteiger partial charge < -0.3 is 10.2 Å². The summed E-state index contributed by atoms with van der Waals surface area (Å²) in [6.45, 7) is 5.36. The highest BCUT2D eigenvalue weighted by atomic mass is 16.6. The molecule has 0 saturated heterocycles. The molecule has 0 saturated carbocycles. The van der Waals surface area contributed by atoms with E-state index in [1.165, 1.54) is 6.07 Å². The van der Waals surface area contributed by atoms with Crippen LogP contribution in [0.1, 0.15) is 31.3 Å². The van der Waals surface area contributed by atoms with Gasteiger partial charge in [-0.25, -0.2) is 10.6 Å². The van der Waals surface area contributed by atoms with E-state index in [1.54, 1.807) is 26.8 Å². The highest BCUT2D eigenvalue weighted by molar-refractivity contribution is 5.87. The highest BCUT2D eigenvalue weighted by Gasteiger charge is 2.18. The minimum atomic E-state index is -0.538. The molecule has 0 spiro atoms. The number of ether oxygens (including phenoxy) is 1. The molecule has 0 unspecified atom stereocenters. The van der Waals surface area contributed by atoms with E-state index in [1.807, 2.05) is 0 Å². The first-order valence-electron chi connectivity index (χ1n) is 4.46. The Hall–Kier alpha value is -1.69. The van der Waals surface area contributed by atoms with E-state index in [2.05, 4.69) is 15.6 Å². The third-order valence-electron chi connectivity index (χ3n) is 1.42. The van der Waals surface area contributed by atoms with Crippen molar-refractivity contribution in [2.45, 2.75) is 26.4 Å². The van der Waals surface area contributed by atoms with Gasteiger partial charge in [0.25, 0.3) is 0 Å². The molecule has 0 aliphatic heterocycles. The number of carbonyl (C=O) groups excluding carboxylic acids is 1. The van der Waals surface area contributed by atoms with Crippen molar-refractivity contribution in [1.82, 2.24) is 10.2 Å². The second kappa shape index (κ2) is 4.22. The van der Waals surface area contributed by atoms with Gasteiger partial charge in [-0.2, -0.15) is 0 Å². The van der Waals surface area contributed by atoms with Gasteiger partial charge in [0.05, 0.1) is 0 Å². The Kier molecular flexibility index (Phi) is 3.21. The Balaban J connectivity index is 2.75. The maximum absolute atomic E-state index is 11.5. The van der Waals surface area contributed by atoms with Gasteiger partial charge in [0.2, 0.25) is 0 Å². The number of aromatic nitrogens is 2. The van der Waals surface area contributed by atoms with E-state index in [4.69, 9.17) is 10.6 Å². The number of carbonyl (C=O) groups is 1. The van der Waals surface area contributed by atoms with Crippen LogP contribution in [0, 0.1) is 0 Å². The number of hydrogen-bond acceptors (Lipinski definition) is 6. The molecule has 1 aromatic heterocycles. The number of nitrogens with zero attached hydrogens (tertiary/aromatic N) is 2. The lowest BCUT2D eigenvalue weighted by atomic mass is 10.2. The van der Waals surface area contributed by atoms with E-state index >= 15 is 0 Å². The van der Waals surface area contributed by atoms with E-state index in [-0.39, 0.29) is 5.69 Å². The number of esters is 1. The first-order chi connectivity index (χ1) is 6.92. The van der Waals surface area contributed by atoms with Crippen LogP contribution in [-0.4, -0.2) is 21.8 Å². The van der Waals surface area contributed by atoms with Crippen molar-refractivity contribution in [3.05, 3.63) is 17.8 Å². The van der Waals surface area contributed by atoms with Gasteiger partial charge >= 0.3 is 5.97 Å². The maximum Gasteiger partial charge on any atom is 0.359 e. The standard InChI is InChI=1S/C9H14N4O2/c1-9(2,3)15-8(14)6-4-5-7(11-10)13-12-6/h4-5H,10H2,1-3H3,(H,11,13). The lowest BCUT2D eigenvalue weighted by molar-refractivity contribution is 0.00617. The van der Waals surface area contributed by atoms with Gasteiger partial charge in [0.1, 0.15) is 5.60 Å². The van der Waals surface area contributed by atoms with Crippen molar-refractivity contribution in [2.75, 3.05) is 5.43 Å². The molecular weight excluding hydrogens is 196 g/mol. The summed E-state index contributed by atoms with van der Waals surface area (Å²) in [6.07, 6.45) is 0. The summed E-state index contributed by atoms with van der Waals surface area (Å²) in [5.74, 6) is 5.00. The van der Waals surface area contributed by atoms with Gasteiger partial charge in [-0.15, -0.1) is 10.2 Å². The summed E-state index contributed by atoms with van der Waals surface area (Å²) in [5.41, 5.74) is 1.93. The third-order valence-corrected chi connectivity index (χ3v) is 1.42. The molecule has 0 amide bonds. The molecule has 0 radical (unpaired) electrons. The van der Waals surface area contributed by atoms with Gasteiger partial charge in [-0.05, 0) is 32.9 Å². The summed E-state index contributed by atoms with van der Waals surface area (Å²) < 4.78 is 5.10. The number of hydrazine groups is 1. The molecule has 0 aliphatic rings. The van der Waals surface area contributed by atoms with Crippen LogP contribution in [-0.2, 0) is 4.74 Å². The molecule has 6 nitrogen and oxygen atoms in total. The summed E-state index contributed by atoms with van der Waals surface area (Å²) in [7, 11) is 0. The van der Waals surface area contributed by atoms with Crippen molar-refractivity contribution in [3.8, 4) is 0 Å². The Morgan fingerprint density at radius 3 is 2.47 bits per heavy atom. The second-order valence-electron chi connectivity index (χ2n) is 3.95. The minimum absolute atomic E-state index is 0.156. The van der Waals surface area contributed by atoms with Crippen LogP contribution in [0.5, 0.6) is 0 Å². The summed E-state index contributed by atoms with van der Waals surface area (Å²) in [6, 6.07) is 3.04. The minimum Gasteiger partial charge on any atom is -0.455 e. The largest absolute Gasteiger partial charge is 0.455 e. The van der Waals surface area contributed by atoms with Crippen molar-refractivity contribution in [3.63, 3.8) is 0 Å². The topological polar surface area (TPSA) is 90.1 Å². The second-order valence-corrected chi connectivity index (χ2v) is 3.95. The first-order valence-corrected chi connectivity index (χ1v) is 4.46. The molecule has 0 bridgehead atoms. The fourth-order valence-corrected chi connectivity index (χ4v) is 0.848. The number of nitrogen functional groups attached to an aromatic ring is 1. The zero-order valence-corrected chi connectivity index (χ0v) is 8.94. The molecule has 0 fully saturated rings. The number of hydrogen-bond donors (Lipinski definition) is 2. The van der Waals surface area contributed by atoms with Crippen LogP contribution in [0.2, 0.25) is 0 Å². The predicted molar refractivity (Wildman–Crippen MR) is 55.0 cm³/mol. The van der Waals surface area contributed by atoms with E-state index < -0.39 is 11.6 Å². The summed E-state index contributed by atoms with van der Waals surface area (Å²) >= 11 is 0. The van der Waals surface area contributed by atoms with Gasteiger partial charge in [0.15, 0.2) is 11.5 Å². The third kappa shape index (κ3) is 3.51. The average Bonchev–Trinajstić information content (AvgIpc) is 2.15. The highest BCUT2D eigenvalue weighted by Crippen LogP contribution is 2.10. The predicted octanol–water partition coefficient (Wildman–Crippen LogP) is 0.718. The van der Waals surface area contributed by atoms with Crippen LogP contribution in [0.3, 0.4) is 0 Å². The molecule has 82 valence electrons. The molecule has 6 heteroatoms. The fraction of sp³-hybridized carbons (Fsp3) is 0.444. The van der Waals surface area contributed by atoms with Crippen LogP contribution in [0.15, 0.2) is 12.1 Å². The van der Waals surface area contributed by atoms with Crippen LogP contribution < -0.4 is 11.3 Å². The van der Waals surface area contributed by atoms with E-state index in [0.717, 1.165) is 0 Å². The average molecular weight is 210 g/mol. The van der Waals surface area contributed by atoms with Gasteiger partial charge in [-0.3, -0.25) is 0 Å². The van der Waals surface area contributed by atoms with Crippen molar-refractivity contribution in [2.24, 2.45) is 5.84 Å². The SMILES string of the molecule is CC(C)(C)OC(=O)c1ccc(NN)nn1. The summed E-state index contributed by atoms with van der Waals surface area (Å²) in [4.78, 5) is 11.5. The van der Waals surface area contributed by atoms with Crippen LogP contribution >= 0.6 is 0 Å². The zero-order valence-electron chi connectivity index (χ0n) is 8.94. The first kappa shape index (κ1) is 11.4. The smallest absolute Gasteiger partial charge is 0.359 e. The number of nitrogens with two attached hydrogens (primary N) is 1. The number of anilines is 1. The Morgan fingerprint density at radius 1 is 1.40 bits per heavy atom. The van der Waals surface area contributed by atoms with Crippen molar-refractivity contribution in [1.29, 1.82) is 0 Å². The van der Waals surface area contributed by atoms with E-state index in [9.17, 15) is 4.79 Å². The number of rotatable bonds is 2. The fourth-order valence-electron chi connectivity index (χ4n) is 0.848. The molecule has 1 heterocycles. The van der Waals surface area contributed by atoms with E-state index in [0.29, 0.717) is 5.82 Å². The van der Waals surface area contributed by atoms with Crippen LogP contribution in [0.25, 0.3) is 0 Å². The zero-order chi connectivity index (χ0) is 11.5. The number of nitrogens with one attached hydrogen (secondary N) is 1.